The quantitative estimate of drug-likeness (QED) is 0.253. The number of nitro groups is 1. The molecule has 5 rings (SSSR count). The smallest absolute Gasteiger partial charge is 0.293 e. The fraction of sp³-hybridized carbons (Fsp3) is 0.200. The topological polar surface area (TPSA) is 102 Å². The van der Waals surface area contributed by atoms with E-state index in [1.165, 1.54) is 24.3 Å². The highest BCUT2D eigenvalue weighted by Crippen LogP contribution is 2.33. The van der Waals surface area contributed by atoms with Gasteiger partial charge < -0.3 is 14.6 Å². The van der Waals surface area contributed by atoms with Crippen LogP contribution in [0.5, 0.6) is 0 Å². The molecule has 1 aliphatic heterocycles. The van der Waals surface area contributed by atoms with Crippen molar-refractivity contribution in [3.8, 4) is 11.5 Å². The van der Waals surface area contributed by atoms with Gasteiger partial charge in [0.1, 0.15) is 17.0 Å². The van der Waals surface area contributed by atoms with Crippen molar-refractivity contribution in [3.05, 3.63) is 81.1 Å². The van der Waals surface area contributed by atoms with Crippen molar-refractivity contribution in [2.24, 2.45) is 0 Å². The molecule has 178 valence electrons. The number of nitro benzene ring substituents is 1. The number of halogens is 2. The number of carbonyl (C=O) groups is 1. The molecule has 1 amide bonds. The Labute approximate surface area is 204 Å². The highest BCUT2D eigenvalue weighted by molar-refractivity contribution is 6.33. The lowest BCUT2D eigenvalue weighted by molar-refractivity contribution is -0.384. The van der Waals surface area contributed by atoms with Crippen molar-refractivity contribution in [2.45, 2.75) is 19.3 Å². The monoisotopic (exact) mass is 494 g/mol. The minimum atomic E-state index is -0.483. The number of benzene rings is 3. The summed E-state index contributed by atoms with van der Waals surface area (Å²) in [6.07, 6.45) is 3.08. The number of nitrogens with zero attached hydrogens (tertiary/aromatic N) is 3. The number of amides is 1. The van der Waals surface area contributed by atoms with Crippen molar-refractivity contribution in [2.75, 3.05) is 23.3 Å². The van der Waals surface area contributed by atoms with E-state index in [1.54, 1.807) is 30.3 Å². The lowest BCUT2D eigenvalue weighted by atomic mass is 10.1. The van der Waals surface area contributed by atoms with E-state index < -0.39 is 16.6 Å². The normalized spacial score (nSPS) is 13.7. The lowest BCUT2D eigenvalue weighted by Crippen LogP contribution is -2.30. The van der Waals surface area contributed by atoms with Gasteiger partial charge in [0.25, 0.3) is 11.6 Å². The molecule has 0 aliphatic carbocycles. The zero-order chi connectivity index (χ0) is 24.5. The van der Waals surface area contributed by atoms with E-state index in [4.69, 9.17) is 16.0 Å². The van der Waals surface area contributed by atoms with Crippen LogP contribution < -0.4 is 10.2 Å². The van der Waals surface area contributed by atoms with Gasteiger partial charge in [0, 0.05) is 30.4 Å². The molecule has 2 heterocycles. The molecule has 0 atom stereocenters. The van der Waals surface area contributed by atoms with Gasteiger partial charge in [-0.15, -0.1) is 0 Å². The summed E-state index contributed by atoms with van der Waals surface area (Å²) in [6, 6.07) is 13.3. The number of piperidine rings is 1. The summed E-state index contributed by atoms with van der Waals surface area (Å²) in [4.78, 5) is 30.5. The number of hydrogen-bond acceptors (Lipinski definition) is 6. The number of carbonyl (C=O) groups excluding carboxylic acids is 1. The Morgan fingerprint density at radius 2 is 1.89 bits per heavy atom. The molecule has 0 saturated carbocycles. The number of anilines is 2. The molecule has 35 heavy (non-hydrogen) atoms. The number of fused-ring (bicyclic) bond motifs is 1. The summed E-state index contributed by atoms with van der Waals surface area (Å²) in [7, 11) is 0. The van der Waals surface area contributed by atoms with Crippen LogP contribution in [-0.2, 0) is 0 Å². The molecular weight excluding hydrogens is 475 g/mol. The van der Waals surface area contributed by atoms with E-state index in [0.717, 1.165) is 32.4 Å². The highest BCUT2D eigenvalue weighted by atomic mass is 35.5. The predicted octanol–water partition coefficient (Wildman–Crippen LogP) is 6.44. The largest absolute Gasteiger partial charge is 0.436 e. The van der Waals surface area contributed by atoms with Crippen LogP contribution in [0.3, 0.4) is 0 Å². The van der Waals surface area contributed by atoms with Crippen LogP contribution in [0.15, 0.2) is 59.0 Å². The zero-order valence-corrected chi connectivity index (χ0v) is 19.2. The Bertz CT molecular complexity index is 1450. The van der Waals surface area contributed by atoms with Crippen molar-refractivity contribution < 1.29 is 18.5 Å². The van der Waals surface area contributed by atoms with Gasteiger partial charge >= 0.3 is 0 Å². The predicted molar refractivity (Wildman–Crippen MR) is 132 cm³/mol. The third-order valence-corrected chi connectivity index (χ3v) is 6.25. The van der Waals surface area contributed by atoms with Crippen molar-refractivity contribution >= 4 is 45.7 Å². The van der Waals surface area contributed by atoms with Gasteiger partial charge in [0.05, 0.1) is 15.5 Å². The maximum absolute atomic E-state index is 13.4. The number of nitrogens with one attached hydrogen (secondary N) is 1. The number of oxazole rings is 1. The molecule has 1 saturated heterocycles. The Kier molecular flexibility index (Phi) is 6.08. The van der Waals surface area contributed by atoms with Crippen molar-refractivity contribution in [1.82, 2.24) is 4.98 Å². The fourth-order valence-corrected chi connectivity index (χ4v) is 4.45. The SMILES string of the molecule is O=C(Nc1ccc2oc(-c3ccc(F)cc3Cl)nc2c1)c1ccc(N2CCCCC2)c([N+](=O)[O-])c1. The van der Waals surface area contributed by atoms with E-state index >= 15 is 0 Å². The van der Waals surface area contributed by atoms with Crippen molar-refractivity contribution in [1.29, 1.82) is 0 Å². The molecule has 1 fully saturated rings. The minimum absolute atomic E-state index is 0.0904. The van der Waals surface area contributed by atoms with E-state index in [-0.39, 0.29) is 22.2 Å². The van der Waals surface area contributed by atoms with Gasteiger partial charge in [0.15, 0.2) is 5.58 Å². The molecule has 0 unspecified atom stereocenters. The highest BCUT2D eigenvalue weighted by Gasteiger charge is 2.23. The number of aromatic nitrogens is 1. The maximum Gasteiger partial charge on any atom is 0.293 e. The molecule has 1 aromatic heterocycles. The third-order valence-electron chi connectivity index (χ3n) is 5.94. The average molecular weight is 495 g/mol. The molecule has 0 bridgehead atoms. The summed E-state index contributed by atoms with van der Waals surface area (Å²) in [5.74, 6) is -0.732. The maximum atomic E-state index is 13.4. The van der Waals surface area contributed by atoms with Gasteiger partial charge in [-0.1, -0.05) is 11.6 Å². The third kappa shape index (κ3) is 4.67. The minimum Gasteiger partial charge on any atom is -0.436 e. The second-order valence-electron chi connectivity index (χ2n) is 8.29. The number of hydrogen-bond donors (Lipinski definition) is 1. The van der Waals surface area contributed by atoms with Crippen LogP contribution in [0.4, 0.5) is 21.5 Å². The first-order chi connectivity index (χ1) is 16.9. The molecular formula is C25H20ClFN4O4. The Morgan fingerprint density at radius 1 is 1.09 bits per heavy atom. The molecule has 10 heteroatoms. The first kappa shape index (κ1) is 22.8. The summed E-state index contributed by atoms with van der Waals surface area (Å²) < 4.78 is 19.1. The zero-order valence-electron chi connectivity index (χ0n) is 18.5. The van der Waals surface area contributed by atoms with Crippen LogP contribution in [-0.4, -0.2) is 28.9 Å². The lowest BCUT2D eigenvalue weighted by Gasteiger charge is -2.28. The summed E-state index contributed by atoms with van der Waals surface area (Å²) in [6.45, 7) is 1.52. The molecule has 1 aliphatic rings. The summed E-state index contributed by atoms with van der Waals surface area (Å²) in [5.41, 5.74) is 2.42. The second-order valence-corrected chi connectivity index (χ2v) is 8.70. The van der Waals surface area contributed by atoms with E-state index in [0.29, 0.717) is 28.0 Å². The van der Waals surface area contributed by atoms with Gasteiger partial charge in [-0.05, 0) is 67.8 Å². The van der Waals surface area contributed by atoms with Gasteiger partial charge in [-0.25, -0.2) is 9.37 Å². The van der Waals surface area contributed by atoms with E-state index in [2.05, 4.69) is 10.3 Å². The summed E-state index contributed by atoms with van der Waals surface area (Å²) >= 11 is 6.11. The first-order valence-electron chi connectivity index (χ1n) is 11.1. The van der Waals surface area contributed by atoms with Gasteiger partial charge in [0.2, 0.25) is 5.89 Å². The van der Waals surface area contributed by atoms with Gasteiger partial charge in [-0.3, -0.25) is 14.9 Å². The molecule has 3 aromatic carbocycles. The molecule has 0 radical (unpaired) electrons. The summed E-state index contributed by atoms with van der Waals surface area (Å²) in [5, 5.41) is 14.6. The van der Waals surface area contributed by atoms with Crippen LogP contribution in [0.25, 0.3) is 22.6 Å². The van der Waals surface area contributed by atoms with Crippen molar-refractivity contribution in [3.63, 3.8) is 0 Å². The van der Waals surface area contributed by atoms with E-state index in [1.807, 2.05) is 4.90 Å². The Morgan fingerprint density at radius 3 is 2.63 bits per heavy atom. The fourth-order valence-electron chi connectivity index (χ4n) is 4.20. The Balaban J connectivity index is 1.39. The standard InChI is InChI=1S/C25H20ClFN4O4/c26-19-13-16(27)5-7-18(19)25-29-20-14-17(6-9-23(20)35-25)28-24(32)15-4-8-21(22(12-15)31(33)34)30-10-2-1-3-11-30/h4-9,12-14H,1-3,10-11H2,(H,28,32). The molecule has 0 spiro atoms. The average Bonchev–Trinajstić information content (AvgIpc) is 3.27. The first-order valence-corrected chi connectivity index (χ1v) is 11.5. The van der Waals surface area contributed by atoms with Crippen LogP contribution in [0, 0.1) is 15.9 Å². The Hall–Kier alpha value is -3.98. The molecule has 8 nitrogen and oxygen atoms in total. The number of rotatable bonds is 5. The van der Waals surface area contributed by atoms with Crippen LogP contribution in [0.1, 0.15) is 29.6 Å². The van der Waals surface area contributed by atoms with Crippen LogP contribution in [0.2, 0.25) is 5.02 Å². The van der Waals surface area contributed by atoms with Crippen LogP contribution >= 0.6 is 11.6 Å². The van der Waals surface area contributed by atoms with Gasteiger partial charge in [-0.2, -0.15) is 0 Å². The molecule has 1 N–H and O–H groups in total. The second kappa shape index (κ2) is 9.34. The van der Waals surface area contributed by atoms with E-state index in [9.17, 15) is 19.3 Å². The molecule has 4 aromatic rings.